The topological polar surface area (TPSA) is 26.3 Å². The maximum atomic E-state index is 10.9. The zero-order valence-electron chi connectivity index (χ0n) is 8.03. The van der Waals surface area contributed by atoms with Gasteiger partial charge in [0.05, 0.1) is 0 Å². The molecule has 1 aromatic carbocycles. The monoisotopic (exact) mass is 208 g/mol. The van der Waals surface area contributed by atoms with Gasteiger partial charge in [-0.2, -0.15) is 0 Å². The second-order valence-electron chi connectivity index (χ2n) is 3.42. The molecular formula is C11H12O2S. The summed E-state index contributed by atoms with van der Waals surface area (Å²) >= 11 is 1.64. The standard InChI is InChI=1S/C11H12O2S/c1-9(12)13-11(7-8-11)14-10-5-3-2-4-6-10/h2-6H,7-8H2,1H3. The number of ether oxygens (including phenoxy) is 1. The molecule has 14 heavy (non-hydrogen) atoms. The Morgan fingerprint density at radius 1 is 1.36 bits per heavy atom. The average Bonchev–Trinajstić information content (AvgIpc) is 2.85. The number of thioether (sulfide) groups is 1. The second-order valence-corrected chi connectivity index (χ2v) is 4.84. The normalized spacial score (nSPS) is 17.5. The van der Waals surface area contributed by atoms with Gasteiger partial charge >= 0.3 is 5.97 Å². The van der Waals surface area contributed by atoms with Crippen LogP contribution in [0.2, 0.25) is 0 Å². The number of rotatable bonds is 3. The van der Waals surface area contributed by atoms with E-state index in [0.717, 1.165) is 17.7 Å². The number of benzene rings is 1. The van der Waals surface area contributed by atoms with Crippen molar-refractivity contribution < 1.29 is 9.53 Å². The lowest BCUT2D eigenvalue weighted by molar-refractivity contribution is -0.143. The molecule has 74 valence electrons. The Morgan fingerprint density at radius 3 is 2.50 bits per heavy atom. The van der Waals surface area contributed by atoms with Crippen molar-refractivity contribution in [2.75, 3.05) is 0 Å². The van der Waals surface area contributed by atoms with E-state index in [1.165, 1.54) is 6.92 Å². The molecule has 0 aromatic heterocycles. The highest BCUT2D eigenvalue weighted by atomic mass is 32.2. The van der Waals surface area contributed by atoms with Gasteiger partial charge in [0.25, 0.3) is 0 Å². The minimum atomic E-state index is -0.257. The minimum absolute atomic E-state index is 0.189. The molecule has 2 rings (SSSR count). The van der Waals surface area contributed by atoms with Crippen LogP contribution in [0.15, 0.2) is 35.2 Å². The van der Waals surface area contributed by atoms with E-state index in [1.54, 1.807) is 11.8 Å². The molecule has 1 saturated carbocycles. The van der Waals surface area contributed by atoms with Crippen molar-refractivity contribution in [3.8, 4) is 0 Å². The Morgan fingerprint density at radius 2 is 2.00 bits per heavy atom. The van der Waals surface area contributed by atoms with Crippen molar-refractivity contribution in [3.63, 3.8) is 0 Å². The molecule has 0 bridgehead atoms. The van der Waals surface area contributed by atoms with E-state index in [9.17, 15) is 4.79 Å². The third-order valence-corrected chi connectivity index (χ3v) is 3.41. The average molecular weight is 208 g/mol. The third kappa shape index (κ3) is 2.29. The fraction of sp³-hybridized carbons (Fsp3) is 0.364. The Kier molecular flexibility index (Phi) is 2.50. The van der Waals surface area contributed by atoms with Crippen molar-refractivity contribution in [1.29, 1.82) is 0 Å². The van der Waals surface area contributed by atoms with Crippen molar-refractivity contribution in [3.05, 3.63) is 30.3 Å². The first-order valence-corrected chi connectivity index (χ1v) is 5.45. The quantitative estimate of drug-likeness (QED) is 0.564. The smallest absolute Gasteiger partial charge is 0.304 e. The Balaban J connectivity index is 2.01. The van der Waals surface area contributed by atoms with Gasteiger partial charge in [-0.15, -0.1) is 0 Å². The Bertz CT molecular complexity index is 330. The van der Waals surface area contributed by atoms with Crippen LogP contribution < -0.4 is 0 Å². The molecule has 1 aliphatic carbocycles. The van der Waals surface area contributed by atoms with Crippen LogP contribution >= 0.6 is 11.8 Å². The summed E-state index contributed by atoms with van der Waals surface area (Å²) in [6, 6.07) is 10.0. The van der Waals surface area contributed by atoms with E-state index in [0.29, 0.717) is 0 Å². The van der Waals surface area contributed by atoms with Crippen molar-refractivity contribution in [1.82, 2.24) is 0 Å². The van der Waals surface area contributed by atoms with Gasteiger partial charge in [-0.25, -0.2) is 0 Å². The summed E-state index contributed by atoms with van der Waals surface area (Å²) in [6.45, 7) is 1.46. The molecule has 0 atom stereocenters. The van der Waals surface area contributed by atoms with Gasteiger partial charge in [-0.1, -0.05) is 30.0 Å². The molecule has 0 saturated heterocycles. The van der Waals surface area contributed by atoms with Crippen LogP contribution in [-0.4, -0.2) is 10.9 Å². The minimum Gasteiger partial charge on any atom is -0.448 e. The van der Waals surface area contributed by atoms with E-state index in [4.69, 9.17) is 4.74 Å². The summed E-state index contributed by atoms with van der Waals surface area (Å²) in [5, 5.41) is 0. The zero-order valence-corrected chi connectivity index (χ0v) is 8.84. The molecule has 1 aliphatic rings. The summed E-state index contributed by atoms with van der Waals surface area (Å²) in [5.74, 6) is -0.189. The summed E-state index contributed by atoms with van der Waals surface area (Å²) in [6.07, 6.45) is 1.93. The first kappa shape index (κ1) is 9.59. The van der Waals surface area contributed by atoms with E-state index < -0.39 is 0 Å². The van der Waals surface area contributed by atoms with Crippen LogP contribution in [0.5, 0.6) is 0 Å². The molecule has 0 N–H and O–H groups in total. The maximum Gasteiger partial charge on any atom is 0.304 e. The highest BCUT2D eigenvalue weighted by Crippen LogP contribution is 2.52. The highest BCUT2D eigenvalue weighted by Gasteiger charge is 2.47. The largest absolute Gasteiger partial charge is 0.448 e. The summed E-state index contributed by atoms with van der Waals surface area (Å²) in [4.78, 5) is 11.8. The van der Waals surface area contributed by atoms with E-state index >= 15 is 0 Å². The number of carbonyl (C=O) groups is 1. The lowest BCUT2D eigenvalue weighted by Crippen LogP contribution is -2.12. The van der Waals surface area contributed by atoms with Gasteiger partial charge in [0.1, 0.15) is 0 Å². The number of hydrogen-bond donors (Lipinski definition) is 0. The van der Waals surface area contributed by atoms with Crippen LogP contribution in [0.3, 0.4) is 0 Å². The molecule has 3 heteroatoms. The fourth-order valence-corrected chi connectivity index (χ4v) is 2.48. The Labute approximate surface area is 87.6 Å². The summed E-state index contributed by atoms with van der Waals surface area (Å²) in [5.41, 5.74) is 0. The van der Waals surface area contributed by atoms with Gasteiger partial charge in [-0.05, 0) is 12.1 Å². The van der Waals surface area contributed by atoms with Crippen LogP contribution in [0.4, 0.5) is 0 Å². The Hall–Kier alpha value is -0.960. The molecule has 2 nitrogen and oxygen atoms in total. The van der Waals surface area contributed by atoms with Crippen LogP contribution in [0.1, 0.15) is 19.8 Å². The molecule has 0 heterocycles. The number of esters is 1. The molecule has 0 unspecified atom stereocenters. The number of hydrogen-bond acceptors (Lipinski definition) is 3. The van der Waals surface area contributed by atoms with E-state index in [-0.39, 0.29) is 10.9 Å². The molecule has 0 amide bonds. The van der Waals surface area contributed by atoms with E-state index in [2.05, 4.69) is 0 Å². The number of carbonyl (C=O) groups excluding carboxylic acids is 1. The third-order valence-electron chi connectivity index (χ3n) is 2.04. The fourth-order valence-electron chi connectivity index (χ4n) is 1.29. The van der Waals surface area contributed by atoms with Crippen LogP contribution in [-0.2, 0) is 9.53 Å². The molecule has 1 fully saturated rings. The molecule has 1 aromatic rings. The van der Waals surface area contributed by atoms with Gasteiger partial charge in [0.15, 0.2) is 4.93 Å². The predicted molar refractivity (Wildman–Crippen MR) is 56.0 cm³/mol. The van der Waals surface area contributed by atoms with Gasteiger partial charge in [0.2, 0.25) is 0 Å². The van der Waals surface area contributed by atoms with Gasteiger partial charge in [-0.3, -0.25) is 4.79 Å². The summed E-state index contributed by atoms with van der Waals surface area (Å²) < 4.78 is 5.28. The molecule has 0 radical (unpaired) electrons. The van der Waals surface area contributed by atoms with E-state index in [1.807, 2.05) is 30.3 Å². The SMILES string of the molecule is CC(=O)OC1(Sc2ccccc2)CC1. The van der Waals surface area contributed by atoms with Crippen LogP contribution in [0, 0.1) is 0 Å². The van der Waals surface area contributed by atoms with Crippen molar-refractivity contribution in [2.45, 2.75) is 29.6 Å². The summed E-state index contributed by atoms with van der Waals surface area (Å²) in [7, 11) is 0. The first-order valence-electron chi connectivity index (χ1n) is 4.64. The molecule has 0 spiro atoms. The zero-order chi connectivity index (χ0) is 10.0. The van der Waals surface area contributed by atoms with Gasteiger partial charge in [0, 0.05) is 24.7 Å². The lowest BCUT2D eigenvalue weighted by atomic mass is 10.4. The van der Waals surface area contributed by atoms with Crippen molar-refractivity contribution >= 4 is 17.7 Å². The van der Waals surface area contributed by atoms with Crippen LogP contribution in [0.25, 0.3) is 0 Å². The first-order chi connectivity index (χ1) is 6.70. The molecule has 0 aliphatic heterocycles. The van der Waals surface area contributed by atoms with Gasteiger partial charge < -0.3 is 4.74 Å². The predicted octanol–water partition coefficient (Wildman–Crippen LogP) is 2.83. The van der Waals surface area contributed by atoms with Crippen molar-refractivity contribution in [2.24, 2.45) is 0 Å². The highest BCUT2D eigenvalue weighted by molar-refractivity contribution is 8.00. The molecular weight excluding hydrogens is 196 g/mol. The maximum absolute atomic E-state index is 10.9. The lowest BCUT2D eigenvalue weighted by Gasteiger charge is -2.14. The second kappa shape index (κ2) is 3.65.